The Balaban J connectivity index is 2.07. The molecule has 0 unspecified atom stereocenters. The van der Waals surface area contributed by atoms with Crippen LogP contribution in [0.4, 0.5) is 15.8 Å². The van der Waals surface area contributed by atoms with Crippen molar-refractivity contribution < 1.29 is 18.9 Å². The summed E-state index contributed by atoms with van der Waals surface area (Å²) in [4.78, 5) is 34.1. The number of nitrogens with one attached hydrogen (secondary N) is 3. The molecule has 2 aromatic rings. The number of carbonyl (C=O) groups is 2. The van der Waals surface area contributed by atoms with Crippen LogP contribution in [0.15, 0.2) is 42.5 Å². The Labute approximate surface area is 135 Å². The van der Waals surface area contributed by atoms with Crippen LogP contribution in [0, 0.1) is 15.9 Å². The van der Waals surface area contributed by atoms with Gasteiger partial charge in [-0.3, -0.25) is 30.6 Å². The fraction of sp³-hybridized carbons (Fsp3) is 0.0667. The summed E-state index contributed by atoms with van der Waals surface area (Å²) < 4.78 is 12.8. The second-order valence-corrected chi connectivity index (χ2v) is 4.65. The standard InChI is InChI=1S/C15H13FN4O4/c1-17-12-7-4-10(8-13(12)20(23)24)15(22)19-18-14(21)9-2-5-11(16)6-3-9/h2-8,17H,1H3,(H,18,21)(H,19,22). The topological polar surface area (TPSA) is 113 Å². The zero-order valence-corrected chi connectivity index (χ0v) is 12.5. The number of nitro groups is 1. The lowest BCUT2D eigenvalue weighted by atomic mass is 10.1. The van der Waals surface area contributed by atoms with Gasteiger partial charge in [-0.1, -0.05) is 0 Å². The summed E-state index contributed by atoms with van der Waals surface area (Å²) in [5.41, 5.74) is 4.42. The van der Waals surface area contributed by atoms with E-state index in [9.17, 15) is 24.1 Å². The largest absolute Gasteiger partial charge is 0.383 e. The number of rotatable bonds is 4. The van der Waals surface area contributed by atoms with Gasteiger partial charge in [0, 0.05) is 24.2 Å². The van der Waals surface area contributed by atoms with E-state index in [4.69, 9.17) is 0 Å². The fourth-order valence-electron chi connectivity index (χ4n) is 1.89. The van der Waals surface area contributed by atoms with Crippen molar-refractivity contribution in [2.75, 3.05) is 12.4 Å². The Morgan fingerprint density at radius 2 is 1.54 bits per heavy atom. The zero-order chi connectivity index (χ0) is 17.7. The number of hydrogen-bond donors (Lipinski definition) is 3. The minimum absolute atomic E-state index is 0.0000983. The summed E-state index contributed by atoms with van der Waals surface area (Å²) in [5.74, 6) is -1.87. The Kier molecular flexibility index (Phi) is 5.05. The second kappa shape index (κ2) is 7.18. The summed E-state index contributed by atoms with van der Waals surface area (Å²) in [6.45, 7) is 0. The second-order valence-electron chi connectivity index (χ2n) is 4.65. The monoisotopic (exact) mass is 332 g/mol. The minimum atomic E-state index is -0.726. The van der Waals surface area contributed by atoms with E-state index in [2.05, 4.69) is 16.2 Å². The number of nitro benzene ring substituents is 1. The molecule has 0 aliphatic heterocycles. The highest BCUT2D eigenvalue weighted by atomic mass is 19.1. The average molecular weight is 332 g/mol. The Morgan fingerprint density at radius 1 is 1.00 bits per heavy atom. The van der Waals surface area contributed by atoms with E-state index in [1.807, 2.05) is 0 Å². The van der Waals surface area contributed by atoms with Crippen molar-refractivity contribution in [3.8, 4) is 0 Å². The molecular weight excluding hydrogens is 319 g/mol. The quantitative estimate of drug-likeness (QED) is 0.584. The van der Waals surface area contributed by atoms with Crippen molar-refractivity contribution in [1.82, 2.24) is 10.9 Å². The van der Waals surface area contributed by atoms with Crippen LogP contribution in [-0.2, 0) is 0 Å². The molecule has 0 atom stereocenters. The number of benzene rings is 2. The van der Waals surface area contributed by atoms with Crippen LogP contribution in [-0.4, -0.2) is 23.8 Å². The molecule has 9 heteroatoms. The van der Waals surface area contributed by atoms with E-state index in [1.54, 1.807) is 0 Å². The highest BCUT2D eigenvalue weighted by molar-refractivity contribution is 5.99. The molecular formula is C15H13FN4O4. The molecule has 0 aromatic heterocycles. The maximum Gasteiger partial charge on any atom is 0.293 e. The van der Waals surface area contributed by atoms with Crippen molar-refractivity contribution in [3.05, 3.63) is 69.5 Å². The molecule has 0 fully saturated rings. The first-order valence-electron chi connectivity index (χ1n) is 6.75. The molecule has 0 heterocycles. The highest BCUT2D eigenvalue weighted by Gasteiger charge is 2.17. The lowest BCUT2D eigenvalue weighted by Gasteiger charge is -2.08. The Bertz CT molecular complexity index is 793. The molecule has 24 heavy (non-hydrogen) atoms. The van der Waals surface area contributed by atoms with Crippen molar-refractivity contribution in [2.45, 2.75) is 0 Å². The van der Waals surface area contributed by atoms with Gasteiger partial charge in [0.05, 0.1) is 4.92 Å². The number of nitrogens with zero attached hydrogens (tertiary/aromatic N) is 1. The van der Waals surface area contributed by atoms with Gasteiger partial charge in [-0.05, 0) is 36.4 Å². The summed E-state index contributed by atoms with van der Waals surface area (Å²) in [7, 11) is 1.52. The van der Waals surface area contributed by atoms with E-state index in [0.717, 1.165) is 18.2 Å². The first kappa shape index (κ1) is 16.9. The van der Waals surface area contributed by atoms with Crippen molar-refractivity contribution in [2.24, 2.45) is 0 Å². The molecule has 0 aliphatic carbocycles. The van der Waals surface area contributed by atoms with E-state index < -0.39 is 22.6 Å². The summed E-state index contributed by atoms with van der Waals surface area (Å²) in [6, 6.07) is 8.57. The smallest absolute Gasteiger partial charge is 0.293 e. The van der Waals surface area contributed by atoms with Gasteiger partial charge in [0.1, 0.15) is 11.5 Å². The lowest BCUT2D eigenvalue weighted by molar-refractivity contribution is -0.384. The Hall–Kier alpha value is -3.49. The maximum atomic E-state index is 12.8. The minimum Gasteiger partial charge on any atom is -0.383 e. The summed E-state index contributed by atoms with van der Waals surface area (Å²) in [5, 5.41) is 13.6. The molecule has 0 aliphatic rings. The number of carbonyl (C=O) groups excluding carboxylic acids is 2. The van der Waals surface area contributed by atoms with Crippen LogP contribution in [0.2, 0.25) is 0 Å². The van der Waals surface area contributed by atoms with E-state index in [1.165, 1.54) is 31.3 Å². The van der Waals surface area contributed by atoms with Crippen molar-refractivity contribution >= 4 is 23.2 Å². The number of halogens is 1. The van der Waals surface area contributed by atoms with Gasteiger partial charge in [-0.2, -0.15) is 0 Å². The normalized spacial score (nSPS) is 9.92. The average Bonchev–Trinajstić information content (AvgIpc) is 2.59. The van der Waals surface area contributed by atoms with Crippen LogP contribution in [0.3, 0.4) is 0 Å². The maximum absolute atomic E-state index is 12.8. The van der Waals surface area contributed by atoms with Crippen molar-refractivity contribution in [3.63, 3.8) is 0 Å². The van der Waals surface area contributed by atoms with Gasteiger partial charge in [0.25, 0.3) is 17.5 Å². The third-order valence-corrected chi connectivity index (χ3v) is 3.12. The molecule has 0 bridgehead atoms. The molecule has 8 nitrogen and oxygen atoms in total. The predicted molar refractivity (Wildman–Crippen MR) is 84.0 cm³/mol. The lowest BCUT2D eigenvalue weighted by Crippen LogP contribution is -2.41. The first-order valence-corrected chi connectivity index (χ1v) is 6.75. The van der Waals surface area contributed by atoms with Gasteiger partial charge < -0.3 is 5.32 Å². The molecule has 2 amide bonds. The van der Waals surface area contributed by atoms with Gasteiger partial charge in [-0.25, -0.2) is 4.39 Å². The molecule has 0 saturated carbocycles. The van der Waals surface area contributed by atoms with Crippen molar-refractivity contribution in [1.29, 1.82) is 0 Å². The van der Waals surface area contributed by atoms with E-state index >= 15 is 0 Å². The number of hydrazine groups is 1. The molecule has 3 N–H and O–H groups in total. The first-order chi connectivity index (χ1) is 11.4. The molecule has 2 rings (SSSR count). The zero-order valence-electron chi connectivity index (χ0n) is 12.5. The van der Waals surface area contributed by atoms with E-state index in [-0.39, 0.29) is 22.5 Å². The van der Waals surface area contributed by atoms with Crippen LogP contribution < -0.4 is 16.2 Å². The fourth-order valence-corrected chi connectivity index (χ4v) is 1.89. The number of anilines is 1. The molecule has 124 valence electrons. The highest BCUT2D eigenvalue weighted by Crippen LogP contribution is 2.24. The summed E-state index contributed by atoms with van der Waals surface area (Å²) >= 11 is 0. The third kappa shape index (κ3) is 3.83. The van der Waals surface area contributed by atoms with Gasteiger partial charge in [0.2, 0.25) is 0 Å². The molecule has 0 spiro atoms. The van der Waals surface area contributed by atoms with Gasteiger partial charge >= 0.3 is 0 Å². The van der Waals surface area contributed by atoms with Crippen LogP contribution in [0.25, 0.3) is 0 Å². The summed E-state index contributed by atoms with van der Waals surface area (Å²) in [6.07, 6.45) is 0. The van der Waals surface area contributed by atoms with Crippen LogP contribution in [0.5, 0.6) is 0 Å². The van der Waals surface area contributed by atoms with E-state index in [0.29, 0.717) is 0 Å². The van der Waals surface area contributed by atoms with Crippen LogP contribution in [0.1, 0.15) is 20.7 Å². The molecule has 0 saturated heterocycles. The Morgan fingerprint density at radius 3 is 2.08 bits per heavy atom. The molecule has 2 aromatic carbocycles. The van der Waals surface area contributed by atoms with Crippen LogP contribution >= 0.6 is 0 Å². The van der Waals surface area contributed by atoms with Gasteiger partial charge in [0.15, 0.2) is 0 Å². The predicted octanol–water partition coefficient (Wildman–Crippen LogP) is 1.85. The molecule has 0 radical (unpaired) electrons. The third-order valence-electron chi connectivity index (χ3n) is 3.12. The number of hydrogen-bond acceptors (Lipinski definition) is 5. The van der Waals surface area contributed by atoms with Gasteiger partial charge in [-0.15, -0.1) is 0 Å². The SMILES string of the molecule is CNc1ccc(C(=O)NNC(=O)c2ccc(F)cc2)cc1[N+](=O)[O-]. The number of amides is 2.